The molecule has 0 heterocycles. The molecule has 0 aromatic heterocycles. The first-order chi connectivity index (χ1) is 12.1. The van der Waals surface area contributed by atoms with Crippen molar-refractivity contribution in [3.63, 3.8) is 0 Å². The van der Waals surface area contributed by atoms with E-state index in [0.717, 1.165) is 29.0 Å². The number of aliphatic hydroxyl groups is 1. The van der Waals surface area contributed by atoms with Gasteiger partial charge in [-0.2, -0.15) is 0 Å². The number of hydrogen-bond donors (Lipinski definition) is 3. The lowest BCUT2D eigenvalue weighted by atomic mass is 10.0. The van der Waals surface area contributed by atoms with E-state index >= 15 is 0 Å². The Morgan fingerprint density at radius 2 is 1.92 bits per heavy atom. The average molecular weight is 342 g/mol. The Labute approximate surface area is 149 Å². The lowest BCUT2D eigenvalue weighted by Gasteiger charge is -2.21. The zero-order chi connectivity index (χ0) is 18.2. The van der Waals surface area contributed by atoms with Crippen LogP contribution in [0.25, 0.3) is 0 Å². The quantitative estimate of drug-likeness (QED) is 0.688. The summed E-state index contributed by atoms with van der Waals surface area (Å²) in [4.78, 5) is 12.2. The summed E-state index contributed by atoms with van der Waals surface area (Å²) < 4.78 is 5.21. The number of ether oxygens (including phenoxy) is 1. The van der Waals surface area contributed by atoms with E-state index in [1.54, 1.807) is 13.2 Å². The van der Waals surface area contributed by atoms with Gasteiger partial charge in [0, 0.05) is 17.8 Å². The van der Waals surface area contributed by atoms with E-state index in [2.05, 4.69) is 17.6 Å². The monoisotopic (exact) mass is 342 g/mol. The molecule has 5 heteroatoms. The van der Waals surface area contributed by atoms with Crippen molar-refractivity contribution in [3.8, 4) is 5.75 Å². The van der Waals surface area contributed by atoms with Crippen LogP contribution < -0.4 is 15.4 Å². The van der Waals surface area contributed by atoms with Gasteiger partial charge in [-0.1, -0.05) is 25.1 Å². The van der Waals surface area contributed by atoms with Crippen LogP contribution in [-0.4, -0.2) is 31.3 Å². The Kier molecular flexibility index (Phi) is 6.83. The van der Waals surface area contributed by atoms with Crippen molar-refractivity contribution in [2.45, 2.75) is 26.3 Å². The molecule has 1 amide bonds. The average Bonchev–Trinajstić information content (AvgIpc) is 2.65. The lowest BCUT2D eigenvalue weighted by molar-refractivity contribution is 0.0944. The highest BCUT2D eigenvalue weighted by atomic mass is 16.5. The number of carbonyl (C=O) groups is 1. The van der Waals surface area contributed by atoms with Crippen LogP contribution in [0.2, 0.25) is 0 Å². The third kappa shape index (κ3) is 4.73. The summed E-state index contributed by atoms with van der Waals surface area (Å²) >= 11 is 0. The number of hydrogen-bond acceptors (Lipinski definition) is 4. The zero-order valence-corrected chi connectivity index (χ0v) is 15.0. The molecule has 134 valence electrons. The van der Waals surface area contributed by atoms with Crippen molar-refractivity contribution in [1.82, 2.24) is 5.32 Å². The zero-order valence-electron chi connectivity index (χ0n) is 15.0. The first kappa shape index (κ1) is 18.8. The SMILES string of the molecule is CCC(Nc1cccc(C(=O)NCCO)c1C)c1ccc(OC)cc1. The molecule has 25 heavy (non-hydrogen) atoms. The van der Waals surface area contributed by atoms with Crippen LogP contribution in [0, 0.1) is 6.92 Å². The number of benzene rings is 2. The van der Waals surface area contributed by atoms with E-state index in [-0.39, 0.29) is 25.1 Å². The fourth-order valence-electron chi connectivity index (χ4n) is 2.75. The number of methoxy groups -OCH3 is 1. The molecule has 2 aromatic carbocycles. The minimum Gasteiger partial charge on any atom is -0.497 e. The van der Waals surface area contributed by atoms with Crippen LogP contribution in [0.4, 0.5) is 5.69 Å². The van der Waals surface area contributed by atoms with Crippen molar-refractivity contribution >= 4 is 11.6 Å². The topological polar surface area (TPSA) is 70.6 Å². The molecule has 0 bridgehead atoms. The fraction of sp³-hybridized carbons (Fsp3) is 0.350. The van der Waals surface area contributed by atoms with Gasteiger partial charge in [0.15, 0.2) is 0 Å². The molecular weight excluding hydrogens is 316 g/mol. The predicted molar refractivity (Wildman–Crippen MR) is 100 cm³/mol. The van der Waals surface area contributed by atoms with Crippen LogP contribution in [0.5, 0.6) is 5.75 Å². The Morgan fingerprint density at radius 3 is 2.52 bits per heavy atom. The molecule has 0 radical (unpaired) electrons. The smallest absolute Gasteiger partial charge is 0.251 e. The summed E-state index contributed by atoms with van der Waals surface area (Å²) in [7, 11) is 1.65. The van der Waals surface area contributed by atoms with Crippen LogP contribution in [0.3, 0.4) is 0 Å². The summed E-state index contributed by atoms with van der Waals surface area (Å²) in [5, 5.41) is 15.1. The van der Waals surface area contributed by atoms with Crippen LogP contribution >= 0.6 is 0 Å². The number of anilines is 1. The number of nitrogens with one attached hydrogen (secondary N) is 2. The summed E-state index contributed by atoms with van der Waals surface area (Å²) in [5.41, 5.74) is 3.60. The highest BCUT2D eigenvalue weighted by molar-refractivity contribution is 5.97. The van der Waals surface area contributed by atoms with Crippen molar-refractivity contribution in [3.05, 3.63) is 59.2 Å². The Bertz CT molecular complexity index is 699. The van der Waals surface area contributed by atoms with Crippen LogP contribution in [-0.2, 0) is 0 Å². The fourth-order valence-corrected chi connectivity index (χ4v) is 2.75. The van der Waals surface area contributed by atoms with Gasteiger partial charge in [-0.25, -0.2) is 0 Å². The molecule has 0 fully saturated rings. The third-order valence-electron chi connectivity index (χ3n) is 4.23. The number of aliphatic hydroxyl groups excluding tert-OH is 1. The van der Waals surface area contributed by atoms with Gasteiger partial charge in [-0.15, -0.1) is 0 Å². The van der Waals surface area contributed by atoms with Gasteiger partial charge in [0.05, 0.1) is 19.8 Å². The maximum absolute atomic E-state index is 12.2. The maximum Gasteiger partial charge on any atom is 0.251 e. The van der Waals surface area contributed by atoms with Gasteiger partial charge < -0.3 is 20.5 Å². The molecule has 0 saturated heterocycles. The van der Waals surface area contributed by atoms with E-state index < -0.39 is 0 Å². The summed E-state index contributed by atoms with van der Waals surface area (Å²) in [5.74, 6) is 0.657. The van der Waals surface area contributed by atoms with Crippen molar-refractivity contribution < 1.29 is 14.6 Å². The summed E-state index contributed by atoms with van der Waals surface area (Å²) in [6.45, 7) is 4.23. The summed E-state index contributed by atoms with van der Waals surface area (Å²) in [6.07, 6.45) is 0.909. The number of rotatable bonds is 8. The Balaban J connectivity index is 2.20. The highest BCUT2D eigenvalue weighted by Crippen LogP contribution is 2.27. The molecule has 0 aliphatic rings. The van der Waals surface area contributed by atoms with E-state index in [4.69, 9.17) is 9.84 Å². The number of amides is 1. The van der Waals surface area contributed by atoms with Gasteiger partial charge in [0.25, 0.3) is 5.91 Å². The minimum atomic E-state index is -0.173. The molecule has 1 atom stereocenters. The first-order valence-corrected chi connectivity index (χ1v) is 8.49. The first-order valence-electron chi connectivity index (χ1n) is 8.49. The molecule has 1 unspecified atom stereocenters. The van der Waals surface area contributed by atoms with Gasteiger partial charge in [-0.05, 0) is 48.7 Å². The van der Waals surface area contributed by atoms with Crippen LogP contribution in [0.15, 0.2) is 42.5 Å². The molecule has 5 nitrogen and oxygen atoms in total. The number of carbonyl (C=O) groups excluding carboxylic acids is 1. The second kappa shape index (κ2) is 9.08. The normalized spacial score (nSPS) is 11.7. The Hall–Kier alpha value is -2.53. The molecule has 0 saturated carbocycles. The van der Waals surface area contributed by atoms with Crippen LogP contribution in [0.1, 0.15) is 40.9 Å². The maximum atomic E-state index is 12.2. The standard InChI is InChI=1S/C20H26N2O3/c1-4-18(15-8-10-16(25-3)11-9-15)22-19-7-5-6-17(14(19)2)20(24)21-12-13-23/h5-11,18,22-23H,4,12-13H2,1-3H3,(H,21,24). The van der Waals surface area contributed by atoms with Crippen molar-refractivity contribution in [1.29, 1.82) is 0 Å². The molecule has 0 aliphatic carbocycles. The van der Waals surface area contributed by atoms with Gasteiger partial charge >= 0.3 is 0 Å². The van der Waals surface area contributed by atoms with E-state index in [9.17, 15) is 4.79 Å². The minimum absolute atomic E-state index is 0.0713. The van der Waals surface area contributed by atoms with E-state index in [1.807, 2.05) is 43.3 Å². The van der Waals surface area contributed by atoms with Crippen molar-refractivity contribution in [2.24, 2.45) is 0 Å². The predicted octanol–water partition coefficient (Wildman–Crippen LogP) is 3.29. The van der Waals surface area contributed by atoms with Gasteiger partial charge in [0.1, 0.15) is 5.75 Å². The second-order valence-corrected chi connectivity index (χ2v) is 5.84. The lowest BCUT2D eigenvalue weighted by Crippen LogP contribution is -2.27. The van der Waals surface area contributed by atoms with Crippen molar-refractivity contribution in [2.75, 3.05) is 25.6 Å². The third-order valence-corrected chi connectivity index (χ3v) is 4.23. The Morgan fingerprint density at radius 1 is 1.20 bits per heavy atom. The largest absolute Gasteiger partial charge is 0.497 e. The molecular formula is C20H26N2O3. The van der Waals surface area contributed by atoms with E-state index in [0.29, 0.717) is 5.56 Å². The summed E-state index contributed by atoms with van der Waals surface area (Å²) in [6, 6.07) is 13.8. The molecule has 0 spiro atoms. The van der Waals surface area contributed by atoms with Gasteiger partial charge in [0.2, 0.25) is 0 Å². The molecule has 2 aromatic rings. The highest BCUT2D eigenvalue weighted by Gasteiger charge is 2.14. The molecule has 0 aliphatic heterocycles. The van der Waals surface area contributed by atoms with E-state index in [1.165, 1.54) is 0 Å². The molecule has 3 N–H and O–H groups in total. The second-order valence-electron chi connectivity index (χ2n) is 5.84. The van der Waals surface area contributed by atoms with Gasteiger partial charge in [-0.3, -0.25) is 4.79 Å². The molecule has 2 rings (SSSR count).